The fourth-order valence-electron chi connectivity index (χ4n) is 3.16. The quantitative estimate of drug-likeness (QED) is 0.936. The molecule has 0 bridgehead atoms. The third kappa shape index (κ3) is 4.14. The highest BCUT2D eigenvalue weighted by atomic mass is 32.1. The lowest BCUT2D eigenvalue weighted by molar-refractivity contribution is -0.114. The third-order valence-electron chi connectivity index (χ3n) is 4.06. The number of carbonyl (C=O) groups is 1. The van der Waals surface area contributed by atoms with Crippen LogP contribution in [0, 0.1) is 13.8 Å². The molecule has 1 N–H and O–H groups in total. The molecule has 0 aromatic carbocycles. The Bertz CT molecular complexity index is 692. The van der Waals surface area contributed by atoms with Gasteiger partial charge in [0, 0.05) is 42.5 Å². The van der Waals surface area contributed by atoms with Crippen molar-refractivity contribution in [3.8, 4) is 0 Å². The van der Waals surface area contributed by atoms with Crippen LogP contribution >= 0.6 is 11.3 Å². The van der Waals surface area contributed by atoms with Crippen LogP contribution in [-0.2, 0) is 11.3 Å². The maximum atomic E-state index is 11.1. The molecule has 3 heterocycles. The Kier molecular flexibility index (Phi) is 4.73. The van der Waals surface area contributed by atoms with Gasteiger partial charge in [0.1, 0.15) is 0 Å². The number of pyridine rings is 1. The highest BCUT2D eigenvalue weighted by Crippen LogP contribution is 2.30. The van der Waals surface area contributed by atoms with Crippen LogP contribution in [0.1, 0.15) is 41.1 Å². The lowest BCUT2D eigenvalue weighted by atomic mass is 9.98. The van der Waals surface area contributed by atoms with Gasteiger partial charge >= 0.3 is 0 Å². The molecule has 5 nitrogen and oxygen atoms in total. The van der Waals surface area contributed by atoms with Crippen LogP contribution in [0.2, 0.25) is 0 Å². The van der Waals surface area contributed by atoms with Crippen molar-refractivity contribution in [1.29, 1.82) is 0 Å². The van der Waals surface area contributed by atoms with E-state index in [4.69, 9.17) is 0 Å². The largest absolute Gasteiger partial charge is 0.302 e. The molecule has 1 amide bonds. The van der Waals surface area contributed by atoms with Gasteiger partial charge in [-0.2, -0.15) is 0 Å². The van der Waals surface area contributed by atoms with Crippen molar-refractivity contribution < 1.29 is 4.79 Å². The highest BCUT2D eigenvalue weighted by molar-refractivity contribution is 7.15. The fraction of sp³-hybridized carbons (Fsp3) is 0.471. The summed E-state index contributed by atoms with van der Waals surface area (Å²) < 4.78 is 0. The van der Waals surface area contributed by atoms with Crippen LogP contribution in [0.25, 0.3) is 0 Å². The van der Waals surface area contributed by atoms with Crippen molar-refractivity contribution in [2.45, 2.75) is 39.7 Å². The maximum absolute atomic E-state index is 11.1. The van der Waals surface area contributed by atoms with Crippen molar-refractivity contribution >= 4 is 22.4 Å². The van der Waals surface area contributed by atoms with Crippen molar-refractivity contribution in [2.75, 3.05) is 18.4 Å². The lowest BCUT2D eigenvalue weighted by Gasteiger charge is -2.15. The third-order valence-corrected chi connectivity index (χ3v) is 4.96. The molecule has 2 aromatic rings. The van der Waals surface area contributed by atoms with Gasteiger partial charge in [0.25, 0.3) is 0 Å². The average Bonchev–Trinajstić information content (AvgIpc) is 3.07. The van der Waals surface area contributed by atoms with E-state index in [9.17, 15) is 4.79 Å². The molecule has 122 valence electrons. The standard InChI is InChI=1S/C17H22N4OS/c1-11-6-15(7-12(2)19-11)14-4-5-21(9-14)10-16-8-18-17(23-16)20-13(3)22/h6-8,14H,4-5,9-10H2,1-3H3,(H,18,20,22). The molecular formula is C17H22N4OS. The summed E-state index contributed by atoms with van der Waals surface area (Å²) in [6.07, 6.45) is 3.05. The molecule has 1 fully saturated rings. The molecule has 1 saturated heterocycles. The van der Waals surface area contributed by atoms with Gasteiger partial charge in [-0.25, -0.2) is 4.98 Å². The van der Waals surface area contributed by atoms with E-state index >= 15 is 0 Å². The zero-order chi connectivity index (χ0) is 16.4. The van der Waals surface area contributed by atoms with Crippen molar-refractivity contribution in [3.05, 3.63) is 40.2 Å². The summed E-state index contributed by atoms with van der Waals surface area (Å²) in [5, 5.41) is 3.42. The first-order valence-corrected chi connectivity index (χ1v) is 8.71. The van der Waals surface area contributed by atoms with Crippen LogP contribution < -0.4 is 5.32 Å². The number of nitrogens with one attached hydrogen (secondary N) is 1. The molecule has 0 saturated carbocycles. The second-order valence-electron chi connectivity index (χ2n) is 6.22. The van der Waals surface area contributed by atoms with Gasteiger partial charge in [0.15, 0.2) is 5.13 Å². The van der Waals surface area contributed by atoms with Crippen molar-refractivity contribution in [1.82, 2.24) is 14.9 Å². The van der Waals surface area contributed by atoms with Gasteiger partial charge < -0.3 is 5.32 Å². The highest BCUT2D eigenvalue weighted by Gasteiger charge is 2.24. The first-order valence-electron chi connectivity index (χ1n) is 7.89. The number of carbonyl (C=O) groups excluding carboxylic acids is 1. The summed E-state index contributed by atoms with van der Waals surface area (Å²) in [4.78, 5) is 23.4. The maximum Gasteiger partial charge on any atom is 0.223 e. The van der Waals surface area contributed by atoms with Crippen molar-refractivity contribution in [3.63, 3.8) is 0 Å². The summed E-state index contributed by atoms with van der Waals surface area (Å²) in [5.41, 5.74) is 3.60. The Labute approximate surface area is 140 Å². The van der Waals surface area contributed by atoms with Crippen LogP contribution in [0.4, 0.5) is 5.13 Å². The Balaban J connectivity index is 1.61. The number of amides is 1. The summed E-state index contributed by atoms with van der Waals surface area (Å²) in [5.74, 6) is 0.508. The van der Waals surface area contributed by atoms with Crippen molar-refractivity contribution in [2.24, 2.45) is 0 Å². The number of hydrogen-bond donors (Lipinski definition) is 1. The predicted molar refractivity (Wildman–Crippen MR) is 92.8 cm³/mol. The minimum absolute atomic E-state index is 0.0736. The first-order chi connectivity index (χ1) is 11.0. The zero-order valence-corrected chi connectivity index (χ0v) is 14.6. The van der Waals surface area contributed by atoms with E-state index in [0.29, 0.717) is 11.0 Å². The van der Waals surface area contributed by atoms with Gasteiger partial charge in [-0.1, -0.05) is 0 Å². The summed E-state index contributed by atoms with van der Waals surface area (Å²) >= 11 is 1.56. The first kappa shape index (κ1) is 16.1. The molecule has 0 spiro atoms. The molecule has 6 heteroatoms. The van der Waals surface area contributed by atoms with E-state index in [1.54, 1.807) is 11.3 Å². The molecule has 0 aliphatic carbocycles. The number of aryl methyl sites for hydroxylation is 2. The van der Waals surface area contributed by atoms with E-state index < -0.39 is 0 Å². The molecule has 2 aromatic heterocycles. The van der Waals surface area contributed by atoms with Gasteiger partial charge in [-0.3, -0.25) is 14.7 Å². The number of aromatic nitrogens is 2. The van der Waals surface area contributed by atoms with Gasteiger partial charge in [-0.15, -0.1) is 11.3 Å². The smallest absolute Gasteiger partial charge is 0.223 e. The van der Waals surface area contributed by atoms with E-state index in [1.807, 2.05) is 6.20 Å². The van der Waals surface area contributed by atoms with Gasteiger partial charge in [0.2, 0.25) is 5.91 Å². The Morgan fingerprint density at radius 1 is 1.39 bits per heavy atom. The Morgan fingerprint density at radius 2 is 2.13 bits per heavy atom. The second-order valence-corrected chi connectivity index (χ2v) is 7.33. The van der Waals surface area contributed by atoms with Crippen LogP contribution in [0.5, 0.6) is 0 Å². The normalized spacial score (nSPS) is 18.3. The van der Waals surface area contributed by atoms with E-state index in [0.717, 1.165) is 31.0 Å². The number of rotatable bonds is 4. The number of anilines is 1. The molecule has 23 heavy (non-hydrogen) atoms. The fourth-order valence-corrected chi connectivity index (χ4v) is 4.06. The summed E-state index contributed by atoms with van der Waals surface area (Å²) in [6.45, 7) is 8.69. The van der Waals surface area contributed by atoms with Crippen LogP contribution in [0.3, 0.4) is 0 Å². The minimum Gasteiger partial charge on any atom is -0.302 e. The topological polar surface area (TPSA) is 58.1 Å². The average molecular weight is 330 g/mol. The Morgan fingerprint density at radius 3 is 2.83 bits per heavy atom. The van der Waals surface area contributed by atoms with Crippen LogP contribution in [0.15, 0.2) is 18.3 Å². The summed E-state index contributed by atoms with van der Waals surface area (Å²) in [7, 11) is 0. The molecule has 1 aliphatic heterocycles. The predicted octanol–water partition coefficient (Wildman–Crippen LogP) is 3.10. The zero-order valence-electron chi connectivity index (χ0n) is 13.8. The molecule has 0 radical (unpaired) electrons. The van der Waals surface area contributed by atoms with E-state index in [1.165, 1.54) is 23.8 Å². The van der Waals surface area contributed by atoms with Gasteiger partial charge in [0.05, 0.1) is 0 Å². The second kappa shape index (κ2) is 6.76. The lowest BCUT2D eigenvalue weighted by Crippen LogP contribution is -2.19. The van der Waals surface area contributed by atoms with Crippen LogP contribution in [-0.4, -0.2) is 33.9 Å². The number of hydrogen-bond acceptors (Lipinski definition) is 5. The summed E-state index contributed by atoms with van der Waals surface area (Å²) in [6, 6.07) is 4.42. The SMILES string of the molecule is CC(=O)Nc1ncc(CN2CCC(c3cc(C)nc(C)c3)C2)s1. The van der Waals surface area contributed by atoms with E-state index in [-0.39, 0.29) is 5.91 Å². The molecule has 1 aliphatic rings. The monoisotopic (exact) mass is 330 g/mol. The Hall–Kier alpha value is -1.79. The molecular weight excluding hydrogens is 308 g/mol. The molecule has 1 atom stereocenters. The van der Waals surface area contributed by atoms with E-state index in [2.05, 4.69) is 46.2 Å². The number of likely N-dealkylation sites (tertiary alicyclic amines) is 1. The minimum atomic E-state index is -0.0736. The molecule has 1 unspecified atom stereocenters. The molecule has 3 rings (SSSR count). The van der Waals surface area contributed by atoms with Gasteiger partial charge in [-0.05, 0) is 50.4 Å². The number of thiazole rings is 1. The number of nitrogens with zero attached hydrogens (tertiary/aromatic N) is 3.